The van der Waals surface area contributed by atoms with Crippen molar-refractivity contribution < 1.29 is 9.53 Å². The van der Waals surface area contributed by atoms with Crippen LogP contribution in [0.3, 0.4) is 0 Å². The van der Waals surface area contributed by atoms with Gasteiger partial charge < -0.3 is 15.4 Å². The Hall–Kier alpha value is -3.41. The number of aromatic nitrogens is 2. The Kier molecular flexibility index (Phi) is 5.12. The van der Waals surface area contributed by atoms with Crippen LogP contribution in [0.1, 0.15) is 21.6 Å². The van der Waals surface area contributed by atoms with Gasteiger partial charge in [-0.25, -0.2) is 0 Å². The third kappa shape index (κ3) is 4.16. The molecule has 3 aromatic rings. The Morgan fingerprint density at radius 3 is 2.38 bits per heavy atom. The van der Waals surface area contributed by atoms with Gasteiger partial charge in [0, 0.05) is 11.4 Å². The summed E-state index contributed by atoms with van der Waals surface area (Å²) in [4.78, 5) is 12.4. The normalized spacial score (nSPS) is 10.3. The highest BCUT2D eigenvalue weighted by atomic mass is 16.5. The van der Waals surface area contributed by atoms with Gasteiger partial charge in [0.1, 0.15) is 5.75 Å². The number of nitrogens with one attached hydrogen (secondary N) is 2. The van der Waals surface area contributed by atoms with Crippen LogP contribution in [-0.4, -0.2) is 23.2 Å². The fourth-order valence-corrected chi connectivity index (χ4v) is 2.40. The van der Waals surface area contributed by atoms with E-state index in [0.29, 0.717) is 5.82 Å². The first-order valence-corrected chi connectivity index (χ1v) is 8.18. The number of nitrogens with zero attached hydrogens (tertiary/aromatic N) is 2. The van der Waals surface area contributed by atoms with E-state index >= 15 is 0 Å². The van der Waals surface area contributed by atoms with Gasteiger partial charge in [0.15, 0.2) is 11.5 Å². The Balaban J connectivity index is 1.68. The summed E-state index contributed by atoms with van der Waals surface area (Å²) in [5, 5.41) is 14.1. The molecule has 0 saturated carbocycles. The van der Waals surface area contributed by atoms with Crippen molar-refractivity contribution in [2.75, 3.05) is 17.7 Å². The zero-order valence-corrected chi connectivity index (χ0v) is 14.9. The van der Waals surface area contributed by atoms with E-state index in [1.54, 1.807) is 19.2 Å². The molecule has 6 nitrogen and oxygen atoms in total. The van der Waals surface area contributed by atoms with E-state index in [1.807, 2.05) is 56.3 Å². The van der Waals surface area contributed by atoms with Gasteiger partial charge in [-0.2, -0.15) is 0 Å². The molecule has 0 aliphatic heterocycles. The molecule has 0 aliphatic rings. The lowest BCUT2D eigenvalue weighted by atomic mass is 10.1. The number of benzene rings is 2. The lowest BCUT2D eigenvalue weighted by Crippen LogP contribution is -2.15. The molecule has 0 aliphatic carbocycles. The third-order valence-corrected chi connectivity index (χ3v) is 3.90. The maximum absolute atomic E-state index is 12.4. The quantitative estimate of drug-likeness (QED) is 0.726. The van der Waals surface area contributed by atoms with Crippen molar-refractivity contribution >= 4 is 23.1 Å². The predicted octanol–water partition coefficient (Wildman–Crippen LogP) is 4.10. The zero-order valence-electron chi connectivity index (χ0n) is 14.9. The predicted molar refractivity (Wildman–Crippen MR) is 102 cm³/mol. The van der Waals surface area contributed by atoms with Crippen molar-refractivity contribution in [3.05, 3.63) is 71.4 Å². The summed E-state index contributed by atoms with van der Waals surface area (Å²) in [7, 11) is 1.62. The van der Waals surface area contributed by atoms with Crippen molar-refractivity contribution in [3.8, 4) is 5.75 Å². The van der Waals surface area contributed by atoms with Crippen LogP contribution in [0.25, 0.3) is 0 Å². The molecule has 0 spiro atoms. The molecule has 2 N–H and O–H groups in total. The van der Waals surface area contributed by atoms with E-state index in [4.69, 9.17) is 4.74 Å². The highest BCUT2D eigenvalue weighted by molar-refractivity contribution is 6.03. The van der Waals surface area contributed by atoms with Crippen molar-refractivity contribution in [2.24, 2.45) is 0 Å². The number of carbonyl (C=O) groups is 1. The van der Waals surface area contributed by atoms with Crippen molar-refractivity contribution in [3.63, 3.8) is 0 Å². The van der Waals surface area contributed by atoms with Crippen LogP contribution in [0, 0.1) is 13.8 Å². The topological polar surface area (TPSA) is 76.1 Å². The van der Waals surface area contributed by atoms with E-state index in [0.717, 1.165) is 28.3 Å². The molecule has 0 fully saturated rings. The van der Waals surface area contributed by atoms with Crippen molar-refractivity contribution in [2.45, 2.75) is 13.8 Å². The maximum atomic E-state index is 12.4. The number of anilines is 3. The Morgan fingerprint density at radius 1 is 0.962 bits per heavy atom. The highest BCUT2D eigenvalue weighted by Crippen LogP contribution is 2.19. The molecular formula is C20H20N4O2. The fourth-order valence-electron chi connectivity index (χ4n) is 2.40. The molecule has 26 heavy (non-hydrogen) atoms. The molecule has 1 aromatic heterocycles. The van der Waals surface area contributed by atoms with Crippen LogP contribution in [0.5, 0.6) is 5.75 Å². The van der Waals surface area contributed by atoms with Crippen LogP contribution in [0.2, 0.25) is 0 Å². The highest BCUT2D eigenvalue weighted by Gasteiger charge is 2.10. The monoisotopic (exact) mass is 348 g/mol. The summed E-state index contributed by atoms with van der Waals surface area (Å²) in [6, 6.07) is 16.7. The number of aryl methyl sites for hydroxylation is 2. The molecule has 0 radical (unpaired) electrons. The summed E-state index contributed by atoms with van der Waals surface area (Å²) < 4.78 is 5.13. The van der Waals surface area contributed by atoms with Crippen molar-refractivity contribution in [1.82, 2.24) is 10.2 Å². The fraction of sp³-hybridized carbons (Fsp3) is 0.150. The minimum atomic E-state index is -0.290. The Labute approximate surface area is 152 Å². The largest absolute Gasteiger partial charge is 0.497 e. The number of amides is 1. The van der Waals surface area contributed by atoms with Crippen LogP contribution in [-0.2, 0) is 0 Å². The van der Waals surface area contributed by atoms with Gasteiger partial charge in [0.2, 0.25) is 0 Å². The SMILES string of the molecule is COc1ccc(Nc2ccc(C(=O)Nc3cc(C)ccc3C)nn2)cc1. The van der Waals surface area contributed by atoms with E-state index in [9.17, 15) is 4.79 Å². The molecule has 6 heteroatoms. The van der Waals surface area contributed by atoms with Gasteiger partial charge in [0.25, 0.3) is 5.91 Å². The molecule has 0 bridgehead atoms. The molecule has 1 heterocycles. The maximum Gasteiger partial charge on any atom is 0.276 e. The molecule has 3 rings (SSSR count). The average Bonchev–Trinajstić information content (AvgIpc) is 2.66. The van der Waals surface area contributed by atoms with Crippen molar-refractivity contribution in [1.29, 1.82) is 0 Å². The number of carbonyl (C=O) groups excluding carboxylic acids is 1. The average molecular weight is 348 g/mol. The second kappa shape index (κ2) is 7.65. The summed E-state index contributed by atoms with van der Waals surface area (Å²) in [6.45, 7) is 3.93. The third-order valence-electron chi connectivity index (χ3n) is 3.90. The number of methoxy groups -OCH3 is 1. The molecule has 0 saturated heterocycles. The molecule has 1 amide bonds. The number of ether oxygens (including phenoxy) is 1. The minimum Gasteiger partial charge on any atom is -0.497 e. The van der Waals surface area contributed by atoms with Crippen LogP contribution >= 0.6 is 0 Å². The van der Waals surface area contributed by atoms with Crippen LogP contribution in [0.4, 0.5) is 17.2 Å². The lowest BCUT2D eigenvalue weighted by Gasteiger charge is -2.09. The second-order valence-corrected chi connectivity index (χ2v) is 5.93. The standard InChI is InChI=1S/C20H20N4O2/c1-13-4-5-14(2)18(12-13)22-20(25)17-10-11-19(24-23-17)21-15-6-8-16(26-3)9-7-15/h4-12H,1-3H3,(H,21,24)(H,22,25). The first kappa shape index (κ1) is 17.4. The van der Waals surface area contributed by atoms with E-state index in [-0.39, 0.29) is 11.6 Å². The van der Waals surface area contributed by atoms with E-state index in [2.05, 4.69) is 20.8 Å². The number of hydrogen-bond acceptors (Lipinski definition) is 5. The smallest absolute Gasteiger partial charge is 0.276 e. The summed E-state index contributed by atoms with van der Waals surface area (Å²) in [5.41, 5.74) is 3.96. The summed E-state index contributed by atoms with van der Waals surface area (Å²) >= 11 is 0. The van der Waals surface area contributed by atoms with E-state index in [1.165, 1.54) is 0 Å². The molecule has 2 aromatic carbocycles. The van der Waals surface area contributed by atoms with Gasteiger partial charge in [0.05, 0.1) is 7.11 Å². The minimum absolute atomic E-state index is 0.256. The molecule has 0 unspecified atom stereocenters. The van der Waals surface area contributed by atoms with Gasteiger partial charge in [-0.05, 0) is 67.4 Å². The Bertz CT molecular complexity index is 906. The van der Waals surface area contributed by atoms with E-state index < -0.39 is 0 Å². The summed E-state index contributed by atoms with van der Waals surface area (Å²) in [6.07, 6.45) is 0. The van der Waals surface area contributed by atoms with Gasteiger partial charge in [-0.1, -0.05) is 12.1 Å². The number of rotatable bonds is 5. The van der Waals surface area contributed by atoms with Gasteiger partial charge in [-0.15, -0.1) is 10.2 Å². The first-order chi connectivity index (χ1) is 12.5. The van der Waals surface area contributed by atoms with Gasteiger partial charge >= 0.3 is 0 Å². The second-order valence-electron chi connectivity index (χ2n) is 5.93. The van der Waals surface area contributed by atoms with Crippen LogP contribution in [0.15, 0.2) is 54.6 Å². The molecule has 132 valence electrons. The van der Waals surface area contributed by atoms with Gasteiger partial charge in [-0.3, -0.25) is 4.79 Å². The number of hydrogen-bond donors (Lipinski definition) is 2. The zero-order chi connectivity index (χ0) is 18.5. The van der Waals surface area contributed by atoms with Crippen LogP contribution < -0.4 is 15.4 Å². The lowest BCUT2D eigenvalue weighted by molar-refractivity contribution is 0.102. The Morgan fingerprint density at radius 2 is 1.73 bits per heavy atom. The first-order valence-electron chi connectivity index (χ1n) is 8.18. The summed E-state index contributed by atoms with van der Waals surface area (Å²) in [5.74, 6) is 1.04. The molecule has 0 atom stereocenters. The molecular weight excluding hydrogens is 328 g/mol.